The van der Waals surface area contributed by atoms with Crippen molar-refractivity contribution < 1.29 is 4.79 Å². The predicted octanol–water partition coefficient (Wildman–Crippen LogP) is 2.08. The van der Waals surface area contributed by atoms with Gasteiger partial charge in [0.25, 0.3) is 0 Å². The zero-order valence-electron chi connectivity index (χ0n) is 10.8. The Morgan fingerprint density at radius 3 is 2.88 bits per heavy atom. The van der Waals surface area contributed by atoms with E-state index in [0.29, 0.717) is 12.8 Å². The van der Waals surface area contributed by atoms with Crippen LogP contribution in [-0.2, 0) is 11.2 Å². The molecule has 0 aliphatic heterocycles. The van der Waals surface area contributed by atoms with Gasteiger partial charge in [0.1, 0.15) is 5.78 Å². The number of imidazole rings is 1. The van der Waals surface area contributed by atoms with Crippen LogP contribution in [0.5, 0.6) is 0 Å². The number of nitrogens with one attached hydrogen (secondary N) is 2. The van der Waals surface area contributed by atoms with Gasteiger partial charge in [-0.15, -0.1) is 0 Å². The van der Waals surface area contributed by atoms with Crippen LogP contribution in [0.4, 0.5) is 0 Å². The van der Waals surface area contributed by atoms with Gasteiger partial charge in [0.2, 0.25) is 0 Å². The van der Waals surface area contributed by atoms with E-state index in [9.17, 15) is 4.79 Å². The Hall–Kier alpha value is -1.16. The molecule has 1 rings (SSSR count). The van der Waals surface area contributed by atoms with Crippen LogP contribution in [0, 0.1) is 0 Å². The number of rotatable bonds is 9. The third-order valence-electron chi connectivity index (χ3n) is 2.89. The van der Waals surface area contributed by atoms with E-state index >= 15 is 0 Å². The van der Waals surface area contributed by atoms with Crippen molar-refractivity contribution in [2.75, 3.05) is 6.54 Å². The summed E-state index contributed by atoms with van der Waals surface area (Å²) in [5.41, 5.74) is 1.01. The first kappa shape index (κ1) is 13.9. The number of nitrogens with zero attached hydrogens (tertiary/aromatic N) is 1. The molecular formula is C13H23N3O. The highest BCUT2D eigenvalue weighted by Crippen LogP contribution is 2.02. The molecule has 4 nitrogen and oxygen atoms in total. The van der Waals surface area contributed by atoms with Crippen molar-refractivity contribution in [3.05, 3.63) is 18.2 Å². The van der Waals surface area contributed by atoms with Gasteiger partial charge < -0.3 is 10.3 Å². The van der Waals surface area contributed by atoms with Crippen molar-refractivity contribution >= 4 is 5.78 Å². The Morgan fingerprint density at radius 1 is 1.47 bits per heavy atom. The molecule has 0 bridgehead atoms. The summed E-state index contributed by atoms with van der Waals surface area (Å²) < 4.78 is 0. The molecule has 0 radical (unpaired) electrons. The Labute approximate surface area is 103 Å². The molecule has 0 spiro atoms. The number of hydrogen-bond acceptors (Lipinski definition) is 3. The lowest BCUT2D eigenvalue weighted by Gasteiger charge is -2.16. The second-order valence-electron chi connectivity index (χ2n) is 4.31. The van der Waals surface area contributed by atoms with Crippen molar-refractivity contribution in [1.82, 2.24) is 15.3 Å². The maximum Gasteiger partial charge on any atom is 0.149 e. The van der Waals surface area contributed by atoms with E-state index in [1.165, 1.54) is 12.8 Å². The number of hydrogen-bond donors (Lipinski definition) is 2. The molecule has 1 heterocycles. The topological polar surface area (TPSA) is 57.8 Å². The first-order chi connectivity index (χ1) is 8.27. The summed E-state index contributed by atoms with van der Waals surface area (Å²) in [7, 11) is 0. The maximum atomic E-state index is 11.8. The van der Waals surface area contributed by atoms with Crippen LogP contribution in [0.1, 0.15) is 45.2 Å². The van der Waals surface area contributed by atoms with Gasteiger partial charge in [-0.1, -0.05) is 26.7 Å². The standard InChI is InChI=1S/C13H23N3O/c1-3-5-6-7-15-12(13(17)4-2)8-11-9-14-10-16-11/h9-10,12,15H,3-8H2,1-2H3,(H,14,16)/t12-/m0/s1. The van der Waals surface area contributed by atoms with Gasteiger partial charge in [0.15, 0.2) is 0 Å². The first-order valence-electron chi connectivity index (χ1n) is 6.51. The lowest BCUT2D eigenvalue weighted by Crippen LogP contribution is -2.39. The summed E-state index contributed by atoms with van der Waals surface area (Å²) in [6.07, 6.45) is 8.27. The molecule has 0 saturated carbocycles. The molecule has 0 amide bonds. The Kier molecular flexibility index (Phi) is 6.55. The van der Waals surface area contributed by atoms with Gasteiger partial charge >= 0.3 is 0 Å². The van der Waals surface area contributed by atoms with Crippen LogP contribution in [0.25, 0.3) is 0 Å². The molecule has 4 heteroatoms. The van der Waals surface area contributed by atoms with E-state index in [2.05, 4.69) is 22.2 Å². The average Bonchev–Trinajstić information content (AvgIpc) is 2.85. The molecule has 1 aromatic rings. The van der Waals surface area contributed by atoms with Crippen molar-refractivity contribution in [3.8, 4) is 0 Å². The molecule has 0 aromatic carbocycles. The van der Waals surface area contributed by atoms with Crippen LogP contribution in [0.15, 0.2) is 12.5 Å². The number of aromatic amines is 1. The number of aromatic nitrogens is 2. The third-order valence-corrected chi connectivity index (χ3v) is 2.89. The van der Waals surface area contributed by atoms with Gasteiger partial charge in [0.05, 0.1) is 12.4 Å². The van der Waals surface area contributed by atoms with Crippen molar-refractivity contribution in [1.29, 1.82) is 0 Å². The van der Waals surface area contributed by atoms with Crippen LogP contribution in [0.2, 0.25) is 0 Å². The van der Waals surface area contributed by atoms with Crippen molar-refractivity contribution in [3.63, 3.8) is 0 Å². The Morgan fingerprint density at radius 2 is 2.29 bits per heavy atom. The van der Waals surface area contributed by atoms with Gasteiger partial charge in [0, 0.05) is 24.7 Å². The summed E-state index contributed by atoms with van der Waals surface area (Å²) in [6.45, 7) is 5.01. The largest absolute Gasteiger partial charge is 0.348 e. The maximum absolute atomic E-state index is 11.8. The summed E-state index contributed by atoms with van der Waals surface area (Å²) >= 11 is 0. The number of unbranched alkanes of at least 4 members (excludes halogenated alkanes) is 2. The van der Waals surface area contributed by atoms with Crippen LogP contribution >= 0.6 is 0 Å². The van der Waals surface area contributed by atoms with Gasteiger partial charge in [-0.25, -0.2) is 4.98 Å². The van der Waals surface area contributed by atoms with Gasteiger partial charge in [-0.05, 0) is 13.0 Å². The van der Waals surface area contributed by atoms with E-state index in [0.717, 1.165) is 18.7 Å². The molecule has 17 heavy (non-hydrogen) atoms. The lowest BCUT2D eigenvalue weighted by atomic mass is 10.0. The molecule has 2 N–H and O–H groups in total. The zero-order chi connectivity index (χ0) is 12.5. The normalized spacial score (nSPS) is 12.6. The minimum Gasteiger partial charge on any atom is -0.348 e. The minimum absolute atomic E-state index is 0.0719. The average molecular weight is 237 g/mol. The van der Waals surface area contributed by atoms with Crippen molar-refractivity contribution in [2.24, 2.45) is 0 Å². The number of carbonyl (C=O) groups excluding carboxylic acids is 1. The SMILES string of the molecule is CCCCCN[C@@H](Cc1cnc[nH]1)C(=O)CC. The Balaban J connectivity index is 2.40. The van der Waals surface area contributed by atoms with E-state index in [-0.39, 0.29) is 11.8 Å². The molecular weight excluding hydrogens is 214 g/mol. The lowest BCUT2D eigenvalue weighted by molar-refractivity contribution is -0.120. The van der Waals surface area contributed by atoms with E-state index < -0.39 is 0 Å². The number of H-pyrrole nitrogens is 1. The Bertz CT molecular complexity index is 308. The quantitative estimate of drug-likeness (QED) is 0.646. The second-order valence-corrected chi connectivity index (χ2v) is 4.31. The summed E-state index contributed by atoms with van der Waals surface area (Å²) in [4.78, 5) is 18.8. The van der Waals surface area contributed by atoms with Crippen LogP contribution in [0.3, 0.4) is 0 Å². The highest BCUT2D eigenvalue weighted by molar-refractivity contribution is 5.83. The van der Waals surface area contributed by atoms with Crippen LogP contribution < -0.4 is 5.32 Å². The minimum atomic E-state index is -0.0719. The summed E-state index contributed by atoms with van der Waals surface area (Å²) in [5, 5.41) is 3.35. The molecule has 0 aliphatic rings. The molecule has 0 saturated heterocycles. The monoisotopic (exact) mass is 237 g/mol. The second kappa shape index (κ2) is 8.01. The molecule has 0 fully saturated rings. The third kappa shape index (κ3) is 5.13. The van der Waals surface area contributed by atoms with Crippen molar-refractivity contribution in [2.45, 2.75) is 52.0 Å². The molecule has 1 atom stereocenters. The van der Waals surface area contributed by atoms with E-state index in [1.54, 1.807) is 12.5 Å². The highest BCUT2D eigenvalue weighted by atomic mass is 16.1. The fourth-order valence-corrected chi connectivity index (χ4v) is 1.81. The fourth-order valence-electron chi connectivity index (χ4n) is 1.81. The van der Waals surface area contributed by atoms with Gasteiger partial charge in [-0.3, -0.25) is 4.79 Å². The highest BCUT2D eigenvalue weighted by Gasteiger charge is 2.16. The molecule has 96 valence electrons. The smallest absolute Gasteiger partial charge is 0.149 e. The van der Waals surface area contributed by atoms with E-state index in [1.807, 2.05) is 6.92 Å². The summed E-state index contributed by atoms with van der Waals surface area (Å²) in [5.74, 6) is 0.274. The first-order valence-corrected chi connectivity index (χ1v) is 6.51. The number of Topliss-reactive ketones (excluding diaryl/α,β-unsaturated/α-hetero) is 1. The summed E-state index contributed by atoms with van der Waals surface area (Å²) in [6, 6.07) is -0.0719. The van der Waals surface area contributed by atoms with Gasteiger partial charge in [-0.2, -0.15) is 0 Å². The molecule has 0 unspecified atom stereocenters. The molecule has 1 aromatic heterocycles. The zero-order valence-corrected chi connectivity index (χ0v) is 10.8. The molecule has 0 aliphatic carbocycles. The van der Waals surface area contributed by atoms with Crippen LogP contribution in [-0.4, -0.2) is 28.3 Å². The number of ketones is 1. The fraction of sp³-hybridized carbons (Fsp3) is 0.692. The van der Waals surface area contributed by atoms with E-state index in [4.69, 9.17) is 0 Å². The predicted molar refractivity (Wildman–Crippen MR) is 68.9 cm³/mol. The number of carbonyl (C=O) groups is 1.